The van der Waals surface area contributed by atoms with Crippen LogP contribution in [0.4, 0.5) is 5.69 Å². The van der Waals surface area contributed by atoms with E-state index in [2.05, 4.69) is 0 Å². The molecular formula is C30H38N4O8. The molecule has 0 fully saturated rings. The summed E-state index contributed by atoms with van der Waals surface area (Å²) in [6.45, 7) is 8.90. The molecule has 3 heterocycles. The zero-order valence-corrected chi connectivity index (χ0v) is 24.5. The minimum Gasteiger partial charge on any atom is -0.481 e. The van der Waals surface area contributed by atoms with E-state index < -0.39 is 16.9 Å². The Hall–Kier alpha value is -4.48. The molecule has 0 bridgehead atoms. The summed E-state index contributed by atoms with van der Waals surface area (Å²) in [6, 6.07) is 4.50. The molecule has 0 amide bonds. The van der Waals surface area contributed by atoms with E-state index in [9.17, 15) is 29.3 Å². The summed E-state index contributed by atoms with van der Waals surface area (Å²) in [4.78, 5) is 61.2. The van der Waals surface area contributed by atoms with Crippen molar-refractivity contribution in [2.24, 2.45) is 5.92 Å². The number of aryl methyl sites for hydroxylation is 2. The Morgan fingerprint density at radius 1 is 0.881 bits per heavy atom. The van der Waals surface area contributed by atoms with Crippen molar-refractivity contribution in [2.75, 3.05) is 6.61 Å². The molecule has 1 N–H and O–H groups in total. The first-order chi connectivity index (χ1) is 19.9. The summed E-state index contributed by atoms with van der Waals surface area (Å²) in [7, 11) is 0. The lowest BCUT2D eigenvalue weighted by Crippen LogP contribution is -2.13. The lowest BCUT2D eigenvalue weighted by atomic mass is 10.1. The van der Waals surface area contributed by atoms with E-state index in [0.717, 1.165) is 12.8 Å². The quantitative estimate of drug-likeness (QED) is 0.101. The van der Waals surface area contributed by atoms with E-state index >= 15 is 0 Å². The van der Waals surface area contributed by atoms with Gasteiger partial charge >= 0.3 is 11.9 Å². The van der Waals surface area contributed by atoms with Crippen LogP contribution in [-0.2, 0) is 42.0 Å². The molecule has 3 aromatic rings. The van der Waals surface area contributed by atoms with Crippen LogP contribution in [0, 0.1) is 16.0 Å². The first-order valence-corrected chi connectivity index (χ1v) is 14.1. The number of carboxylic acids is 1. The molecule has 0 saturated heterocycles. The highest BCUT2D eigenvalue weighted by atomic mass is 16.6. The second-order valence-electron chi connectivity index (χ2n) is 10.7. The van der Waals surface area contributed by atoms with Crippen LogP contribution in [0.5, 0.6) is 0 Å². The van der Waals surface area contributed by atoms with Gasteiger partial charge < -0.3 is 23.5 Å². The number of ether oxygens (including phenoxy) is 1. The SMILES string of the molecule is CCCCn1cc([N+](=O)[O-])cc1C(=O)Cc1cc(C(=O)Cc2cc(C(=O)OCC)n(CCC(=O)O)c2)n(CC(C)C)c1. The van der Waals surface area contributed by atoms with Crippen LogP contribution >= 0.6 is 0 Å². The third-order valence-corrected chi connectivity index (χ3v) is 6.67. The average Bonchev–Trinajstić information content (AvgIpc) is 3.63. The van der Waals surface area contributed by atoms with E-state index in [4.69, 9.17) is 9.84 Å². The highest BCUT2D eigenvalue weighted by molar-refractivity contribution is 5.99. The second-order valence-corrected chi connectivity index (χ2v) is 10.7. The van der Waals surface area contributed by atoms with Crippen LogP contribution in [0.2, 0.25) is 0 Å². The molecule has 226 valence electrons. The van der Waals surface area contributed by atoms with Crippen molar-refractivity contribution in [2.45, 2.75) is 79.4 Å². The minimum absolute atomic E-state index is 0.0305. The number of unbranched alkanes of at least 4 members (excludes halogenated alkanes) is 1. The number of esters is 1. The molecule has 0 aromatic carbocycles. The molecule has 3 rings (SSSR count). The Kier molecular flexibility index (Phi) is 11.0. The number of hydrogen-bond acceptors (Lipinski definition) is 7. The number of carboxylic acid groups (broad SMARTS) is 1. The van der Waals surface area contributed by atoms with Crippen molar-refractivity contribution in [3.05, 3.63) is 75.1 Å². The highest BCUT2D eigenvalue weighted by Crippen LogP contribution is 2.22. The van der Waals surface area contributed by atoms with E-state index in [0.29, 0.717) is 29.9 Å². The number of nitrogens with zero attached hydrogens (tertiary/aromatic N) is 4. The maximum absolute atomic E-state index is 13.5. The van der Waals surface area contributed by atoms with Gasteiger partial charge in [-0.05, 0) is 42.5 Å². The Balaban J connectivity index is 1.88. The van der Waals surface area contributed by atoms with Gasteiger partial charge in [0.2, 0.25) is 0 Å². The highest BCUT2D eigenvalue weighted by Gasteiger charge is 2.23. The smallest absolute Gasteiger partial charge is 0.354 e. The van der Waals surface area contributed by atoms with Gasteiger partial charge in [-0.2, -0.15) is 0 Å². The van der Waals surface area contributed by atoms with Crippen LogP contribution in [-0.4, -0.2) is 53.8 Å². The van der Waals surface area contributed by atoms with Crippen LogP contribution < -0.4 is 0 Å². The van der Waals surface area contributed by atoms with Crippen molar-refractivity contribution in [3.8, 4) is 0 Å². The standard InChI is InChI=1S/C30H38N4O8/c1-5-7-9-31-19-23(34(40)41)15-25(31)28(36)13-21-11-24(33(18-21)16-20(3)4)27(35)14-22-12-26(30(39)42-6-2)32(17-22)10-8-29(37)38/h11-12,15,17-20H,5-10,13-14,16H2,1-4H3,(H,37,38). The van der Waals surface area contributed by atoms with Gasteiger partial charge in [-0.15, -0.1) is 0 Å². The normalized spacial score (nSPS) is 11.2. The predicted octanol–water partition coefficient (Wildman–Crippen LogP) is 4.96. The van der Waals surface area contributed by atoms with Gasteiger partial charge in [0.15, 0.2) is 11.6 Å². The third-order valence-electron chi connectivity index (χ3n) is 6.67. The van der Waals surface area contributed by atoms with Crippen LogP contribution in [0.1, 0.15) is 89.5 Å². The molecule has 0 aliphatic carbocycles. The Labute approximate surface area is 244 Å². The topological polar surface area (TPSA) is 156 Å². The molecular weight excluding hydrogens is 544 g/mol. The number of Topliss-reactive ketones (excluding diaryl/α,β-unsaturated/α-hetero) is 2. The van der Waals surface area contributed by atoms with Crippen LogP contribution in [0.25, 0.3) is 0 Å². The number of ketones is 2. The fourth-order valence-electron chi connectivity index (χ4n) is 4.79. The maximum atomic E-state index is 13.5. The summed E-state index contributed by atoms with van der Waals surface area (Å²) in [5.74, 6) is -1.93. The first-order valence-electron chi connectivity index (χ1n) is 14.1. The summed E-state index contributed by atoms with van der Waals surface area (Å²) < 4.78 is 10.0. The Bertz CT molecular complexity index is 1460. The fraction of sp³-hybridized carbons (Fsp3) is 0.467. The number of nitro groups is 1. The number of carbonyl (C=O) groups excluding carboxylic acids is 3. The molecule has 0 radical (unpaired) electrons. The molecule has 0 atom stereocenters. The Morgan fingerprint density at radius 3 is 2.00 bits per heavy atom. The molecule has 3 aromatic heterocycles. The van der Waals surface area contributed by atoms with Crippen molar-refractivity contribution in [1.29, 1.82) is 0 Å². The third kappa shape index (κ3) is 8.27. The molecule has 0 aliphatic heterocycles. The minimum atomic E-state index is -1.02. The van der Waals surface area contributed by atoms with Crippen LogP contribution in [0.3, 0.4) is 0 Å². The monoisotopic (exact) mass is 582 g/mol. The fourth-order valence-corrected chi connectivity index (χ4v) is 4.79. The largest absolute Gasteiger partial charge is 0.481 e. The lowest BCUT2D eigenvalue weighted by Gasteiger charge is -2.10. The van der Waals surface area contributed by atoms with Gasteiger partial charge in [0.25, 0.3) is 5.69 Å². The zero-order valence-electron chi connectivity index (χ0n) is 24.5. The number of rotatable bonds is 17. The molecule has 42 heavy (non-hydrogen) atoms. The molecule has 0 aliphatic rings. The molecule has 0 saturated carbocycles. The van der Waals surface area contributed by atoms with Gasteiger partial charge in [-0.3, -0.25) is 24.5 Å². The van der Waals surface area contributed by atoms with Crippen LogP contribution in [0.15, 0.2) is 36.8 Å². The summed E-state index contributed by atoms with van der Waals surface area (Å²) in [5, 5.41) is 20.4. The maximum Gasteiger partial charge on any atom is 0.354 e. The summed E-state index contributed by atoms with van der Waals surface area (Å²) >= 11 is 0. The predicted molar refractivity (Wildman–Crippen MR) is 154 cm³/mol. The van der Waals surface area contributed by atoms with Crippen molar-refractivity contribution >= 4 is 29.2 Å². The number of carbonyl (C=O) groups is 4. The molecule has 12 heteroatoms. The van der Waals surface area contributed by atoms with Crippen molar-refractivity contribution in [3.63, 3.8) is 0 Å². The lowest BCUT2D eigenvalue weighted by molar-refractivity contribution is -0.384. The number of aliphatic carboxylic acids is 1. The Morgan fingerprint density at radius 2 is 1.45 bits per heavy atom. The van der Waals surface area contributed by atoms with Crippen molar-refractivity contribution in [1.82, 2.24) is 13.7 Å². The van der Waals surface area contributed by atoms with Gasteiger partial charge in [-0.25, -0.2) is 4.79 Å². The van der Waals surface area contributed by atoms with Gasteiger partial charge in [0.05, 0.1) is 35.5 Å². The number of aromatic nitrogens is 3. The number of hydrogen-bond donors (Lipinski definition) is 1. The summed E-state index contributed by atoms with van der Waals surface area (Å²) in [5.41, 5.74) is 1.83. The van der Waals surface area contributed by atoms with Gasteiger partial charge in [-0.1, -0.05) is 27.2 Å². The zero-order chi connectivity index (χ0) is 31.0. The van der Waals surface area contributed by atoms with Gasteiger partial charge in [0, 0.05) is 50.9 Å². The summed E-state index contributed by atoms with van der Waals surface area (Å²) in [6.07, 6.45) is 6.10. The van der Waals surface area contributed by atoms with Gasteiger partial charge in [0.1, 0.15) is 5.69 Å². The van der Waals surface area contributed by atoms with E-state index in [1.165, 1.54) is 22.9 Å². The van der Waals surface area contributed by atoms with Crippen molar-refractivity contribution < 1.29 is 33.9 Å². The molecule has 0 unspecified atom stereocenters. The van der Waals surface area contributed by atoms with E-state index in [1.54, 1.807) is 30.0 Å². The molecule has 0 spiro atoms. The molecule has 12 nitrogen and oxygen atoms in total. The average molecular weight is 583 g/mol. The van der Waals surface area contributed by atoms with E-state index in [-0.39, 0.29) is 67.0 Å². The first kappa shape index (κ1) is 32.0. The van der Waals surface area contributed by atoms with E-state index in [1.807, 2.05) is 25.3 Å². The second kappa shape index (κ2) is 14.4.